The van der Waals surface area contributed by atoms with Gasteiger partial charge in [-0.2, -0.15) is 0 Å². The van der Waals surface area contributed by atoms with Crippen molar-refractivity contribution >= 4 is 5.91 Å². The summed E-state index contributed by atoms with van der Waals surface area (Å²) in [5.74, 6) is 0.351. The number of amides is 1. The number of aliphatic hydroxyl groups excluding tert-OH is 1. The topological polar surface area (TPSA) is 75.3 Å². The van der Waals surface area contributed by atoms with E-state index in [2.05, 4.69) is 12.2 Å². The van der Waals surface area contributed by atoms with E-state index in [0.29, 0.717) is 12.1 Å². The van der Waals surface area contributed by atoms with E-state index in [-0.39, 0.29) is 12.1 Å². The Bertz CT molecular complexity index is 448. The van der Waals surface area contributed by atoms with E-state index in [9.17, 15) is 9.90 Å². The minimum atomic E-state index is -0.405. The highest BCUT2D eigenvalue weighted by Gasteiger charge is 2.32. The molecule has 1 fully saturated rings. The lowest BCUT2D eigenvalue weighted by Crippen LogP contribution is -2.50. The van der Waals surface area contributed by atoms with E-state index in [0.717, 1.165) is 37.2 Å². The number of nitrogens with two attached hydrogens (primary N) is 1. The number of hydrogen-bond acceptors (Lipinski definition) is 3. The second kappa shape index (κ2) is 6.37. The molecule has 110 valence electrons. The maximum atomic E-state index is 11.0. The highest BCUT2D eigenvalue weighted by Crippen LogP contribution is 2.31. The molecule has 20 heavy (non-hydrogen) atoms. The monoisotopic (exact) mass is 276 g/mol. The average Bonchev–Trinajstić information content (AvgIpc) is 2.48. The first-order valence-electron chi connectivity index (χ1n) is 7.29. The molecule has 0 bridgehead atoms. The Morgan fingerprint density at radius 3 is 2.45 bits per heavy atom. The minimum absolute atomic E-state index is 0.144. The number of carbonyl (C=O) groups excluding carboxylic acids is 1. The lowest BCUT2D eigenvalue weighted by atomic mass is 9.77. The SMILES string of the molecule is CC1CCC(CO)(NCc2ccc(C(N)=O)cc2)CC1. The Kier molecular flexibility index (Phi) is 4.78. The Balaban J connectivity index is 1.94. The minimum Gasteiger partial charge on any atom is -0.394 e. The van der Waals surface area contributed by atoms with Crippen molar-refractivity contribution in [2.45, 2.75) is 44.7 Å². The molecule has 0 aliphatic heterocycles. The Morgan fingerprint density at radius 2 is 1.95 bits per heavy atom. The summed E-state index contributed by atoms with van der Waals surface area (Å²) in [4.78, 5) is 11.0. The van der Waals surface area contributed by atoms with Gasteiger partial charge in [0.1, 0.15) is 0 Å². The Labute approximate surface area is 120 Å². The smallest absolute Gasteiger partial charge is 0.248 e. The molecule has 4 N–H and O–H groups in total. The lowest BCUT2D eigenvalue weighted by molar-refractivity contribution is 0.1000. The number of primary amides is 1. The number of aliphatic hydroxyl groups is 1. The summed E-state index contributed by atoms with van der Waals surface area (Å²) in [7, 11) is 0. The average molecular weight is 276 g/mol. The van der Waals surface area contributed by atoms with Crippen LogP contribution >= 0.6 is 0 Å². The number of hydrogen-bond donors (Lipinski definition) is 3. The van der Waals surface area contributed by atoms with Crippen LogP contribution in [-0.4, -0.2) is 23.2 Å². The normalized spacial score (nSPS) is 26.4. The number of nitrogens with one attached hydrogen (secondary N) is 1. The van der Waals surface area contributed by atoms with Gasteiger partial charge in [-0.25, -0.2) is 0 Å². The van der Waals surface area contributed by atoms with Gasteiger partial charge >= 0.3 is 0 Å². The molecule has 1 aliphatic rings. The van der Waals surface area contributed by atoms with E-state index in [1.807, 2.05) is 12.1 Å². The standard InChI is InChI=1S/C16H24N2O2/c1-12-6-8-16(11-19,9-7-12)18-10-13-2-4-14(5-3-13)15(17)20/h2-5,12,18-19H,6-11H2,1H3,(H2,17,20). The van der Waals surface area contributed by atoms with E-state index in [4.69, 9.17) is 5.73 Å². The van der Waals surface area contributed by atoms with Crippen molar-refractivity contribution in [3.63, 3.8) is 0 Å². The molecule has 1 saturated carbocycles. The van der Waals surface area contributed by atoms with Crippen LogP contribution in [0.25, 0.3) is 0 Å². The number of rotatable bonds is 5. The van der Waals surface area contributed by atoms with Crippen molar-refractivity contribution in [2.75, 3.05) is 6.61 Å². The van der Waals surface area contributed by atoms with Gasteiger partial charge < -0.3 is 16.2 Å². The summed E-state index contributed by atoms with van der Waals surface area (Å²) in [6.07, 6.45) is 4.36. The Hall–Kier alpha value is -1.39. The fourth-order valence-corrected chi connectivity index (χ4v) is 2.78. The predicted octanol–water partition coefficient (Wildman–Crippen LogP) is 1.82. The third-order valence-electron chi connectivity index (χ3n) is 4.44. The first kappa shape index (κ1) is 15.0. The van der Waals surface area contributed by atoms with Crippen LogP contribution in [0.15, 0.2) is 24.3 Å². The lowest BCUT2D eigenvalue weighted by Gasteiger charge is -2.39. The second-order valence-electron chi connectivity index (χ2n) is 6.04. The molecule has 1 aliphatic carbocycles. The van der Waals surface area contributed by atoms with Gasteiger partial charge in [-0.05, 0) is 49.3 Å². The van der Waals surface area contributed by atoms with Gasteiger partial charge in [0.15, 0.2) is 0 Å². The number of benzene rings is 1. The molecule has 4 nitrogen and oxygen atoms in total. The third-order valence-corrected chi connectivity index (χ3v) is 4.44. The second-order valence-corrected chi connectivity index (χ2v) is 6.04. The van der Waals surface area contributed by atoms with Crippen LogP contribution in [0.3, 0.4) is 0 Å². The van der Waals surface area contributed by atoms with Crippen molar-refractivity contribution in [1.29, 1.82) is 0 Å². The zero-order valence-corrected chi connectivity index (χ0v) is 12.1. The quantitative estimate of drug-likeness (QED) is 0.768. The van der Waals surface area contributed by atoms with Gasteiger partial charge in [0.25, 0.3) is 0 Å². The molecule has 2 rings (SSSR count). The molecule has 0 radical (unpaired) electrons. The third kappa shape index (κ3) is 3.58. The zero-order valence-electron chi connectivity index (χ0n) is 12.1. The predicted molar refractivity (Wildman–Crippen MR) is 79.2 cm³/mol. The highest BCUT2D eigenvalue weighted by atomic mass is 16.3. The van der Waals surface area contributed by atoms with Gasteiger partial charge in [-0.15, -0.1) is 0 Å². The van der Waals surface area contributed by atoms with Crippen LogP contribution in [0.5, 0.6) is 0 Å². The summed E-state index contributed by atoms with van der Waals surface area (Å²) in [6.45, 7) is 3.15. The van der Waals surface area contributed by atoms with Crippen molar-refractivity contribution in [3.05, 3.63) is 35.4 Å². The molecule has 0 heterocycles. The van der Waals surface area contributed by atoms with E-state index in [1.54, 1.807) is 12.1 Å². The molecular weight excluding hydrogens is 252 g/mol. The molecule has 1 amide bonds. The molecule has 0 spiro atoms. The summed E-state index contributed by atoms with van der Waals surface area (Å²) >= 11 is 0. The van der Waals surface area contributed by atoms with Crippen molar-refractivity contribution in [3.8, 4) is 0 Å². The van der Waals surface area contributed by atoms with Crippen LogP contribution in [0.1, 0.15) is 48.5 Å². The first-order chi connectivity index (χ1) is 9.54. The molecule has 0 saturated heterocycles. The van der Waals surface area contributed by atoms with Gasteiger partial charge in [0.05, 0.1) is 6.61 Å². The van der Waals surface area contributed by atoms with Crippen LogP contribution in [-0.2, 0) is 6.54 Å². The zero-order chi connectivity index (χ0) is 14.6. The first-order valence-corrected chi connectivity index (χ1v) is 7.29. The largest absolute Gasteiger partial charge is 0.394 e. The van der Waals surface area contributed by atoms with Crippen molar-refractivity contribution in [2.24, 2.45) is 11.7 Å². The summed E-state index contributed by atoms with van der Waals surface area (Å²) in [5, 5.41) is 13.2. The molecular formula is C16H24N2O2. The molecule has 4 heteroatoms. The summed E-state index contributed by atoms with van der Waals surface area (Å²) < 4.78 is 0. The van der Waals surface area contributed by atoms with Crippen molar-refractivity contribution < 1.29 is 9.90 Å². The fraction of sp³-hybridized carbons (Fsp3) is 0.562. The van der Waals surface area contributed by atoms with Crippen LogP contribution < -0.4 is 11.1 Å². The van der Waals surface area contributed by atoms with Gasteiger partial charge in [-0.1, -0.05) is 19.1 Å². The molecule has 0 atom stereocenters. The summed E-state index contributed by atoms with van der Waals surface area (Å²) in [5.41, 5.74) is 6.70. The maximum absolute atomic E-state index is 11.0. The number of carbonyl (C=O) groups is 1. The van der Waals surface area contributed by atoms with Gasteiger partial charge in [0.2, 0.25) is 5.91 Å². The fourth-order valence-electron chi connectivity index (χ4n) is 2.78. The van der Waals surface area contributed by atoms with Crippen molar-refractivity contribution in [1.82, 2.24) is 5.32 Å². The molecule has 1 aromatic rings. The van der Waals surface area contributed by atoms with Crippen LogP contribution in [0.4, 0.5) is 0 Å². The van der Waals surface area contributed by atoms with Gasteiger partial charge in [0, 0.05) is 17.6 Å². The van der Waals surface area contributed by atoms with E-state index < -0.39 is 5.91 Å². The van der Waals surface area contributed by atoms with Crippen LogP contribution in [0.2, 0.25) is 0 Å². The maximum Gasteiger partial charge on any atom is 0.248 e. The molecule has 0 aromatic heterocycles. The van der Waals surface area contributed by atoms with E-state index >= 15 is 0 Å². The van der Waals surface area contributed by atoms with Crippen LogP contribution in [0, 0.1) is 5.92 Å². The summed E-state index contributed by atoms with van der Waals surface area (Å²) in [6, 6.07) is 7.30. The van der Waals surface area contributed by atoms with E-state index in [1.165, 1.54) is 0 Å². The van der Waals surface area contributed by atoms with Gasteiger partial charge in [-0.3, -0.25) is 4.79 Å². The highest BCUT2D eigenvalue weighted by molar-refractivity contribution is 5.92. The molecule has 1 aromatic carbocycles. The molecule has 0 unspecified atom stereocenters. The Morgan fingerprint density at radius 1 is 1.35 bits per heavy atom.